The Labute approximate surface area is 227 Å². The van der Waals surface area contributed by atoms with E-state index in [-0.39, 0.29) is 46.9 Å². The van der Waals surface area contributed by atoms with Gasteiger partial charge in [0.05, 0.1) is 15.6 Å². The van der Waals surface area contributed by atoms with Gasteiger partial charge in [-0.05, 0) is 62.6 Å². The van der Waals surface area contributed by atoms with Crippen LogP contribution in [0.25, 0.3) is 10.4 Å². The lowest BCUT2D eigenvalue weighted by Gasteiger charge is -2.22. The Hall–Kier alpha value is -2.05. The molecule has 0 saturated heterocycles. The van der Waals surface area contributed by atoms with Crippen LogP contribution in [0, 0.1) is 12.8 Å². The lowest BCUT2D eigenvalue weighted by Crippen LogP contribution is -2.43. The monoisotopic (exact) mass is 570 g/mol. The first-order valence-corrected chi connectivity index (χ1v) is 15.1. The van der Waals surface area contributed by atoms with E-state index in [1.54, 1.807) is 13.0 Å². The number of nitrogens with zero attached hydrogens (tertiary/aromatic N) is 1. The third-order valence-electron chi connectivity index (χ3n) is 5.95. The number of benzene rings is 1. The topological polar surface area (TPSA) is 126 Å². The van der Waals surface area contributed by atoms with Crippen molar-refractivity contribution in [3.05, 3.63) is 28.9 Å². The van der Waals surface area contributed by atoms with Gasteiger partial charge in [0.15, 0.2) is 5.13 Å². The van der Waals surface area contributed by atoms with Crippen LogP contribution < -0.4 is 15.4 Å². The van der Waals surface area contributed by atoms with Crippen LogP contribution in [0.4, 0.5) is 5.13 Å². The molecule has 1 aromatic carbocycles. The minimum absolute atomic E-state index is 0.0200. The van der Waals surface area contributed by atoms with Crippen LogP contribution >= 0.6 is 22.9 Å². The maximum Gasteiger partial charge on any atom is 0.323 e. The van der Waals surface area contributed by atoms with E-state index in [2.05, 4.69) is 20.3 Å². The molecule has 1 aromatic heterocycles. The Balaban J connectivity index is 1.64. The Bertz CT molecular complexity index is 1210. The molecule has 9 nitrogen and oxygen atoms in total. The van der Waals surface area contributed by atoms with Gasteiger partial charge in [-0.2, -0.15) is 0 Å². The smallest absolute Gasteiger partial charge is 0.323 e. The molecule has 1 saturated carbocycles. The van der Waals surface area contributed by atoms with Gasteiger partial charge in [0.25, 0.3) is 0 Å². The summed E-state index contributed by atoms with van der Waals surface area (Å²) in [5.41, 5.74) is 1.29. The van der Waals surface area contributed by atoms with Gasteiger partial charge >= 0.3 is 5.97 Å². The van der Waals surface area contributed by atoms with E-state index in [0.29, 0.717) is 22.8 Å². The minimum atomic E-state index is -3.93. The number of hydrogen-bond acceptors (Lipinski definition) is 8. The number of carbonyl (C=O) groups is 2. The summed E-state index contributed by atoms with van der Waals surface area (Å²) in [7, 11) is -3.93. The second-order valence-corrected chi connectivity index (χ2v) is 12.8. The van der Waals surface area contributed by atoms with Crippen molar-refractivity contribution >= 4 is 50.0 Å². The number of ether oxygens (including phenoxy) is 1. The van der Waals surface area contributed by atoms with E-state index in [0.717, 1.165) is 30.6 Å². The number of rotatable bonds is 12. The van der Waals surface area contributed by atoms with E-state index in [9.17, 15) is 18.0 Å². The molecule has 3 rings (SSSR count). The highest BCUT2D eigenvalue weighted by atomic mass is 35.5. The van der Waals surface area contributed by atoms with Gasteiger partial charge in [0.1, 0.15) is 17.0 Å². The Morgan fingerprint density at radius 3 is 2.57 bits per heavy atom. The lowest BCUT2D eigenvalue weighted by molar-refractivity contribution is -0.151. The molecular weight excluding hydrogens is 536 g/mol. The standard InChI is InChI=1S/C25H35ClN4O5S2/c1-15(2)13-21(24(32)35-19-7-5-6-8-19)27-11-12-28-37(33,34)22-14-18(9-10-20(22)26)23-16(3)29-25(36-23)30-17(4)31/h9-10,14-15,19,21,27-28H,5-8,11-13H2,1-4H3,(H,29,30,31)/t21-/m1/s1. The Kier molecular flexibility index (Phi) is 10.5. The summed E-state index contributed by atoms with van der Waals surface area (Å²) in [6, 6.07) is 4.24. The summed E-state index contributed by atoms with van der Waals surface area (Å²) in [6.45, 7) is 7.56. The quantitative estimate of drug-likeness (QED) is 0.253. The van der Waals surface area contributed by atoms with E-state index in [1.807, 2.05) is 13.8 Å². The molecule has 1 aliphatic carbocycles. The zero-order valence-electron chi connectivity index (χ0n) is 21.6. The van der Waals surface area contributed by atoms with Gasteiger partial charge in [-0.1, -0.05) is 42.9 Å². The molecule has 2 aromatic rings. The SMILES string of the molecule is CC(=O)Nc1nc(C)c(-c2ccc(Cl)c(S(=O)(=O)NCCN[C@H](CC(C)C)C(=O)OC3CCCC3)c2)s1. The zero-order valence-corrected chi connectivity index (χ0v) is 24.0. The first kappa shape index (κ1) is 29.5. The predicted molar refractivity (Wildman–Crippen MR) is 146 cm³/mol. The van der Waals surface area contributed by atoms with Crippen LogP contribution in [0.2, 0.25) is 5.02 Å². The highest BCUT2D eigenvalue weighted by molar-refractivity contribution is 7.89. The molecule has 1 aliphatic rings. The number of thiazole rings is 1. The molecule has 1 amide bonds. The Morgan fingerprint density at radius 2 is 1.92 bits per heavy atom. The van der Waals surface area contributed by atoms with Crippen LogP contribution in [-0.2, 0) is 24.3 Å². The number of amides is 1. The number of carbonyl (C=O) groups excluding carboxylic acids is 2. The highest BCUT2D eigenvalue weighted by Crippen LogP contribution is 2.35. The van der Waals surface area contributed by atoms with Crippen LogP contribution in [0.5, 0.6) is 0 Å². The third kappa shape index (κ3) is 8.47. The van der Waals surface area contributed by atoms with E-state index in [1.165, 1.54) is 30.4 Å². The van der Waals surface area contributed by atoms with Crippen LogP contribution in [0.3, 0.4) is 0 Å². The summed E-state index contributed by atoms with van der Waals surface area (Å²) in [5, 5.41) is 6.32. The third-order valence-corrected chi connectivity index (χ3v) is 9.01. The van der Waals surface area contributed by atoms with Crippen molar-refractivity contribution in [2.45, 2.75) is 76.8 Å². The van der Waals surface area contributed by atoms with Gasteiger partial charge in [-0.15, -0.1) is 0 Å². The molecule has 37 heavy (non-hydrogen) atoms. The maximum absolute atomic E-state index is 13.1. The molecular formula is C25H35ClN4O5S2. The van der Waals surface area contributed by atoms with Crippen LogP contribution in [0.15, 0.2) is 23.1 Å². The molecule has 1 fully saturated rings. The Morgan fingerprint density at radius 1 is 1.22 bits per heavy atom. The average molecular weight is 571 g/mol. The number of halogens is 1. The number of aryl methyl sites for hydroxylation is 1. The average Bonchev–Trinajstić information content (AvgIpc) is 3.44. The zero-order chi connectivity index (χ0) is 27.2. The molecule has 0 bridgehead atoms. The predicted octanol–water partition coefficient (Wildman–Crippen LogP) is 4.50. The highest BCUT2D eigenvalue weighted by Gasteiger charge is 2.26. The van der Waals surface area contributed by atoms with E-state index >= 15 is 0 Å². The molecule has 204 valence electrons. The fourth-order valence-electron chi connectivity index (χ4n) is 4.22. The number of hydrogen-bond donors (Lipinski definition) is 3. The molecule has 0 radical (unpaired) electrons. The number of anilines is 1. The first-order valence-electron chi connectivity index (χ1n) is 12.4. The van der Waals surface area contributed by atoms with Gasteiger partial charge in [-0.25, -0.2) is 18.1 Å². The summed E-state index contributed by atoms with van der Waals surface area (Å²) in [6.07, 6.45) is 4.52. The second kappa shape index (κ2) is 13.1. The van der Waals surface area contributed by atoms with Gasteiger partial charge in [0.2, 0.25) is 15.9 Å². The lowest BCUT2D eigenvalue weighted by atomic mass is 10.0. The summed E-state index contributed by atoms with van der Waals surface area (Å²) >= 11 is 7.51. The first-order chi connectivity index (χ1) is 17.5. The van der Waals surface area contributed by atoms with Gasteiger partial charge < -0.3 is 15.4 Å². The number of sulfonamides is 1. The van der Waals surface area contributed by atoms with Crippen LogP contribution in [0.1, 0.15) is 58.6 Å². The largest absolute Gasteiger partial charge is 0.461 e. The summed E-state index contributed by atoms with van der Waals surface area (Å²) in [4.78, 5) is 29.0. The molecule has 1 atom stereocenters. The van der Waals surface area contributed by atoms with Crippen molar-refractivity contribution in [2.24, 2.45) is 5.92 Å². The van der Waals surface area contributed by atoms with Gasteiger partial charge in [0, 0.05) is 20.0 Å². The fraction of sp³-hybridized carbons (Fsp3) is 0.560. The molecule has 0 spiro atoms. The maximum atomic E-state index is 13.1. The van der Waals surface area contributed by atoms with Gasteiger partial charge in [-0.3, -0.25) is 9.59 Å². The summed E-state index contributed by atoms with van der Waals surface area (Å²) in [5.74, 6) is -0.245. The fourth-order valence-corrected chi connectivity index (χ4v) is 6.78. The molecule has 0 aliphatic heterocycles. The van der Waals surface area contributed by atoms with Crippen molar-refractivity contribution in [1.82, 2.24) is 15.0 Å². The van der Waals surface area contributed by atoms with Crippen molar-refractivity contribution in [1.29, 1.82) is 0 Å². The van der Waals surface area contributed by atoms with E-state index in [4.69, 9.17) is 16.3 Å². The summed E-state index contributed by atoms with van der Waals surface area (Å²) < 4.78 is 34.4. The molecule has 3 N–H and O–H groups in total. The number of aromatic nitrogens is 1. The van der Waals surface area contributed by atoms with E-state index < -0.39 is 16.1 Å². The number of nitrogens with one attached hydrogen (secondary N) is 3. The second-order valence-electron chi connectivity index (χ2n) is 9.64. The van der Waals surface area contributed by atoms with Crippen molar-refractivity contribution in [3.8, 4) is 10.4 Å². The molecule has 12 heteroatoms. The molecule has 1 heterocycles. The number of esters is 1. The van der Waals surface area contributed by atoms with Crippen molar-refractivity contribution in [3.63, 3.8) is 0 Å². The van der Waals surface area contributed by atoms with Crippen molar-refractivity contribution in [2.75, 3.05) is 18.4 Å². The minimum Gasteiger partial charge on any atom is -0.461 e. The van der Waals surface area contributed by atoms with Crippen LogP contribution in [-0.4, -0.2) is 50.5 Å². The molecule has 0 unspecified atom stereocenters. The normalized spacial score (nSPS) is 15.2. The van der Waals surface area contributed by atoms with Crippen molar-refractivity contribution < 1.29 is 22.7 Å².